The minimum absolute atomic E-state index is 1.06. The average molecular weight is 241 g/mol. The first kappa shape index (κ1) is 11.3. The Balaban J connectivity index is 2.16. The first-order valence-electron chi connectivity index (χ1n) is 6.63. The fourth-order valence-corrected chi connectivity index (χ4v) is 2.71. The molecule has 0 aliphatic carbocycles. The molecule has 3 heteroatoms. The largest absolute Gasteiger partial charge is 0.370 e. The maximum absolute atomic E-state index is 4.72. The molecule has 3 rings (SSSR count). The molecule has 1 aromatic heterocycles. The van der Waals surface area contributed by atoms with Crippen LogP contribution in [0.2, 0.25) is 0 Å². The molecular formula is C15H19N3. The summed E-state index contributed by atoms with van der Waals surface area (Å²) in [6, 6.07) is 8.50. The highest BCUT2D eigenvalue weighted by Crippen LogP contribution is 2.32. The molecule has 0 saturated carbocycles. The van der Waals surface area contributed by atoms with Gasteiger partial charge in [-0.1, -0.05) is 24.3 Å². The molecule has 2 aromatic rings. The van der Waals surface area contributed by atoms with Crippen LogP contribution in [-0.4, -0.2) is 16.3 Å². The Morgan fingerprint density at radius 3 is 2.89 bits per heavy atom. The summed E-state index contributed by atoms with van der Waals surface area (Å²) in [6.07, 6.45) is 3.60. The van der Waals surface area contributed by atoms with Gasteiger partial charge in [-0.15, -0.1) is 0 Å². The van der Waals surface area contributed by atoms with E-state index in [1.807, 2.05) is 11.7 Å². The quantitative estimate of drug-likeness (QED) is 0.831. The lowest BCUT2D eigenvalue weighted by Gasteiger charge is -2.05. The van der Waals surface area contributed by atoms with E-state index in [1.165, 1.54) is 35.3 Å². The first-order chi connectivity index (χ1) is 8.77. The summed E-state index contributed by atoms with van der Waals surface area (Å²) >= 11 is 0. The van der Waals surface area contributed by atoms with E-state index in [0.717, 1.165) is 18.7 Å². The Morgan fingerprint density at radius 2 is 2.06 bits per heavy atom. The highest BCUT2D eigenvalue weighted by atomic mass is 15.3. The third kappa shape index (κ3) is 1.80. The Bertz CT molecular complexity index is 569. The molecular weight excluding hydrogens is 222 g/mol. The van der Waals surface area contributed by atoms with E-state index in [-0.39, 0.29) is 0 Å². The van der Waals surface area contributed by atoms with Crippen LogP contribution in [0.3, 0.4) is 0 Å². The van der Waals surface area contributed by atoms with Gasteiger partial charge in [-0.25, -0.2) is 0 Å². The van der Waals surface area contributed by atoms with Crippen LogP contribution in [-0.2, 0) is 13.5 Å². The second-order valence-electron chi connectivity index (χ2n) is 5.00. The predicted molar refractivity (Wildman–Crippen MR) is 74.8 cm³/mol. The number of benzene rings is 1. The van der Waals surface area contributed by atoms with Crippen LogP contribution >= 0.6 is 0 Å². The fourth-order valence-electron chi connectivity index (χ4n) is 2.71. The van der Waals surface area contributed by atoms with E-state index in [9.17, 15) is 0 Å². The van der Waals surface area contributed by atoms with Gasteiger partial charge in [0, 0.05) is 24.7 Å². The number of anilines is 1. The molecule has 1 aliphatic heterocycles. The molecule has 0 atom stereocenters. The molecule has 0 radical (unpaired) electrons. The van der Waals surface area contributed by atoms with E-state index >= 15 is 0 Å². The fraction of sp³-hybridized carbons (Fsp3) is 0.400. The van der Waals surface area contributed by atoms with E-state index in [1.54, 1.807) is 0 Å². The predicted octanol–water partition coefficient (Wildman–Crippen LogP) is 3.14. The highest BCUT2D eigenvalue weighted by molar-refractivity contribution is 5.72. The smallest absolute Gasteiger partial charge is 0.127 e. The van der Waals surface area contributed by atoms with Gasteiger partial charge in [0.05, 0.1) is 5.69 Å². The number of fused-ring (bicyclic) bond motifs is 1. The molecule has 94 valence electrons. The van der Waals surface area contributed by atoms with Crippen LogP contribution in [0.15, 0.2) is 24.3 Å². The summed E-state index contributed by atoms with van der Waals surface area (Å²) in [4.78, 5) is 0. The minimum Gasteiger partial charge on any atom is -0.370 e. The SMILES string of the molecule is Cc1ccccc1-c1nn(C)c2c1CCCCN2. The van der Waals surface area contributed by atoms with Gasteiger partial charge in [0.25, 0.3) is 0 Å². The standard InChI is InChI=1S/C15H19N3/c1-11-7-3-4-8-12(11)14-13-9-5-6-10-16-15(13)18(2)17-14/h3-4,7-8,16H,5-6,9-10H2,1-2H3. The van der Waals surface area contributed by atoms with Crippen molar-refractivity contribution < 1.29 is 0 Å². The lowest BCUT2D eigenvalue weighted by Crippen LogP contribution is -2.04. The molecule has 18 heavy (non-hydrogen) atoms. The summed E-state index contributed by atoms with van der Waals surface area (Å²) in [7, 11) is 2.03. The van der Waals surface area contributed by atoms with Crippen LogP contribution < -0.4 is 5.32 Å². The van der Waals surface area contributed by atoms with Crippen molar-refractivity contribution in [2.24, 2.45) is 7.05 Å². The van der Waals surface area contributed by atoms with Crippen molar-refractivity contribution >= 4 is 5.82 Å². The van der Waals surface area contributed by atoms with Crippen LogP contribution in [0.4, 0.5) is 5.82 Å². The molecule has 0 fully saturated rings. The van der Waals surface area contributed by atoms with Gasteiger partial charge >= 0.3 is 0 Å². The second kappa shape index (κ2) is 4.48. The van der Waals surface area contributed by atoms with Crippen molar-refractivity contribution in [2.75, 3.05) is 11.9 Å². The average Bonchev–Trinajstić information content (AvgIpc) is 2.56. The van der Waals surface area contributed by atoms with E-state index in [0.29, 0.717) is 0 Å². The number of aryl methyl sites for hydroxylation is 2. The summed E-state index contributed by atoms with van der Waals surface area (Å²) in [6.45, 7) is 3.21. The maximum atomic E-state index is 4.72. The van der Waals surface area contributed by atoms with Gasteiger partial charge in [0.1, 0.15) is 5.82 Å². The van der Waals surface area contributed by atoms with Crippen LogP contribution in [0.25, 0.3) is 11.3 Å². The molecule has 0 spiro atoms. The van der Waals surface area contributed by atoms with Crippen LogP contribution in [0, 0.1) is 6.92 Å². The third-order valence-electron chi connectivity index (χ3n) is 3.69. The number of hydrogen-bond donors (Lipinski definition) is 1. The zero-order valence-corrected chi connectivity index (χ0v) is 11.0. The maximum Gasteiger partial charge on any atom is 0.127 e. The zero-order valence-electron chi connectivity index (χ0n) is 11.0. The molecule has 0 unspecified atom stereocenters. The number of rotatable bonds is 1. The number of hydrogen-bond acceptors (Lipinski definition) is 2. The van der Waals surface area contributed by atoms with E-state index in [2.05, 4.69) is 36.5 Å². The Kier molecular flexibility index (Phi) is 2.82. The molecule has 0 amide bonds. The lowest BCUT2D eigenvalue weighted by molar-refractivity contribution is 0.757. The molecule has 0 saturated heterocycles. The van der Waals surface area contributed by atoms with Crippen molar-refractivity contribution in [1.29, 1.82) is 0 Å². The molecule has 3 nitrogen and oxygen atoms in total. The van der Waals surface area contributed by atoms with Gasteiger partial charge in [0.2, 0.25) is 0 Å². The topological polar surface area (TPSA) is 29.9 Å². The highest BCUT2D eigenvalue weighted by Gasteiger charge is 2.19. The summed E-state index contributed by atoms with van der Waals surface area (Å²) in [5.41, 5.74) is 5.09. The van der Waals surface area contributed by atoms with Gasteiger partial charge in [-0.2, -0.15) is 5.10 Å². The Morgan fingerprint density at radius 1 is 1.22 bits per heavy atom. The van der Waals surface area contributed by atoms with Crippen molar-refractivity contribution in [3.8, 4) is 11.3 Å². The molecule has 0 bridgehead atoms. The lowest BCUT2D eigenvalue weighted by atomic mass is 10.00. The van der Waals surface area contributed by atoms with Crippen LogP contribution in [0.5, 0.6) is 0 Å². The van der Waals surface area contributed by atoms with Crippen LogP contribution in [0.1, 0.15) is 24.0 Å². The molecule has 2 heterocycles. The van der Waals surface area contributed by atoms with Crippen molar-refractivity contribution in [1.82, 2.24) is 9.78 Å². The molecule has 1 aromatic carbocycles. The minimum atomic E-state index is 1.06. The summed E-state index contributed by atoms with van der Waals surface area (Å²) < 4.78 is 1.99. The summed E-state index contributed by atoms with van der Waals surface area (Å²) in [5.74, 6) is 1.20. The van der Waals surface area contributed by atoms with E-state index in [4.69, 9.17) is 5.10 Å². The molecule has 1 aliphatic rings. The van der Waals surface area contributed by atoms with Crippen molar-refractivity contribution in [3.05, 3.63) is 35.4 Å². The molecule has 1 N–H and O–H groups in total. The number of aromatic nitrogens is 2. The number of nitrogens with zero attached hydrogens (tertiary/aromatic N) is 2. The normalized spacial score (nSPS) is 14.8. The van der Waals surface area contributed by atoms with Crippen molar-refractivity contribution in [3.63, 3.8) is 0 Å². The van der Waals surface area contributed by atoms with Gasteiger partial charge in [-0.05, 0) is 31.7 Å². The van der Waals surface area contributed by atoms with Gasteiger partial charge in [-0.3, -0.25) is 4.68 Å². The van der Waals surface area contributed by atoms with Gasteiger partial charge in [0.15, 0.2) is 0 Å². The van der Waals surface area contributed by atoms with Crippen molar-refractivity contribution in [2.45, 2.75) is 26.2 Å². The first-order valence-corrected chi connectivity index (χ1v) is 6.63. The Labute approximate surface area is 108 Å². The number of nitrogens with one attached hydrogen (secondary N) is 1. The summed E-state index contributed by atoms with van der Waals surface area (Å²) in [5, 5.41) is 8.22. The Hall–Kier alpha value is -1.77. The van der Waals surface area contributed by atoms with E-state index < -0.39 is 0 Å². The second-order valence-corrected chi connectivity index (χ2v) is 5.00. The third-order valence-corrected chi connectivity index (χ3v) is 3.69. The van der Waals surface area contributed by atoms with Gasteiger partial charge < -0.3 is 5.32 Å². The monoisotopic (exact) mass is 241 g/mol. The zero-order chi connectivity index (χ0) is 12.5.